The van der Waals surface area contributed by atoms with Crippen LogP contribution in [-0.2, 0) is 6.42 Å². The van der Waals surface area contributed by atoms with Crippen LogP contribution < -0.4 is 0 Å². The summed E-state index contributed by atoms with van der Waals surface area (Å²) in [6.45, 7) is 0. The Bertz CT molecular complexity index is 724. The van der Waals surface area contributed by atoms with E-state index >= 15 is 0 Å². The molecule has 2 aromatic carbocycles. The highest BCUT2D eigenvalue weighted by Crippen LogP contribution is 2.27. The second-order valence-electron chi connectivity index (χ2n) is 4.86. The van der Waals surface area contributed by atoms with Crippen LogP contribution in [0.25, 0.3) is 5.69 Å². The van der Waals surface area contributed by atoms with Gasteiger partial charge in [-0.1, -0.05) is 46.3 Å². The number of nitrogens with zero attached hydrogens (tertiary/aromatic N) is 2. The van der Waals surface area contributed by atoms with Gasteiger partial charge in [0.1, 0.15) is 5.82 Å². The van der Waals surface area contributed by atoms with Gasteiger partial charge in [-0.2, -0.15) is 5.10 Å². The molecule has 3 aromatic rings. The standard InChI is InChI=1S/C17H14BrFN2/c18-17(10-13-5-4-6-15(19)9-13)14-11-20-21(12-14)16-7-2-1-3-8-16/h1-9,11-12,17H,10H2. The summed E-state index contributed by atoms with van der Waals surface area (Å²) in [5.74, 6) is -0.202. The highest BCUT2D eigenvalue weighted by atomic mass is 79.9. The van der Waals surface area contributed by atoms with Crippen LogP contribution in [-0.4, -0.2) is 9.78 Å². The third-order valence-electron chi connectivity index (χ3n) is 3.29. The van der Waals surface area contributed by atoms with Gasteiger partial charge in [-0.25, -0.2) is 9.07 Å². The van der Waals surface area contributed by atoms with Crippen LogP contribution in [0.15, 0.2) is 67.0 Å². The summed E-state index contributed by atoms with van der Waals surface area (Å²) in [6.07, 6.45) is 4.55. The van der Waals surface area contributed by atoms with Crippen molar-refractivity contribution in [2.24, 2.45) is 0 Å². The summed E-state index contributed by atoms with van der Waals surface area (Å²) < 4.78 is 15.1. The molecule has 0 saturated carbocycles. The predicted molar refractivity (Wildman–Crippen MR) is 85.3 cm³/mol. The number of alkyl halides is 1. The lowest BCUT2D eigenvalue weighted by molar-refractivity contribution is 0.625. The smallest absolute Gasteiger partial charge is 0.123 e. The molecule has 1 atom stereocenters. The molecular formula is C17H14BrFN2. The third kappa shape index (κ3) is 3.39. The van der Waals surface area contributed by atoms with Crippen molar-refractivity contribution in [3.63, 3.8) is 0 Å². The van der Waals surface area contributed by atoms with Crippen molar-refractivity contribution in [2.75, 3.05) is 0 Å². The number of hydrogen-bond acceptors (Lipinski definition) is 1. The summed E-state index contributed by atoms with van der Waals surface area (Å²) in [5, 5.41) is 4.38. The van der Waals surface area contributed by atoms with Crippen LogP contribution in [0.5, 0.6) is 0 Å². The van der Waals surface area contributed by atoms with Crippen molar-refractivity contribution in [1.29, 1.82) is 0 Å². The molecule has 0 aliphatic carbocycles. The van der Waals surface area contributed by atoms with Crippen LogP contribution in [0.1, 0.15) is 16.0 Å². The SMILES string of the molecule is Fc1cccc(CC(Br)c2cnn(-c3ccccc3)c2)c1. The van der Waals surface area contributed by atoms with Crippen molar-refractivity contribution in [3.05, 3.63) is 83.9 Å². The third-order valence-corrected chi connectivity index (χ3v) is 4.14. The van der Waals surface area contributed by atoms with Crippen molar-refractivity contribution in [3.8, 4) is 5.69 Å². The number of benzene rings is 2. The Morgan fingerprint density at radius 3 is 2.67 bits per heavy atom. The number of halogens is 2. The van der Waals surface area contributed by atoms with Crippen LogP contribution in [0.3, 0.4) is 0 Å². The molecule has 0 bridgehead atoms. The Morgan fingerprint density at radius 1 is 1.10 bits per heavy atom. The van der Waals surface area contributed by atoms with Gasteiger partial charge in [0.2, 0.25) is 0 Å². The number of rotatable bonds is 4. The Kier molecular flexibility index (Phi) is 4.15. The quantitative estimate of drug-likeness (QED) is 0.627. The van der Waals surface area contributed by atoms with Crippen molar-refractivity contribution >= 4 is 15.9 Å². The average Bonchev–Trinajstić information content (AvgIpc) is 2.98. The van der Waals surface area contributed by atoms with Gasteiger partial charge < -0.3 is 0 Å². The fraction of sp³-hybridized carbons (Fsp3) is 0.118. The summed E-state index contributed by atoms with van der Waals surface area (Å²) in [7, 11) is 0. The highest BCUT2D eigenvalue weighted by molar-refractivity contribution is 9.09. The second-order valence-corrected chi connectivity index (χ2v) is 5.96. The number of aromatic nitrogens is 2. The van der Waals surface area contributed by atoms with E-state index in [9.17, 15) is 4.39 Å². The van der Waals surface area contributed by atoms with Gasteiger partial charge in [-0.15, -0.1) is 0 Å². The maximum Gasteiger partial charge on any atom is 0.123 e. The first-order valence-electron chi connectivity index (χ1n) is 6.71. The molecule has 3 rings (SSSR count). The largest absolute Gasteiger partial charge is 0.241 e. The minimum Gasteiger partial charge on any atom is -0.241 e. The highest BCUT2D eigenvalue weighted by Gasteiger charge is 2.12. The van der Waals surface area contributed by atoms with Gasteiger partial charge in [0.15, 0.2) is 0 Å². The maximum atomic E-state index is 13.2. The molecular weight excluding hydrogens is 331 g/mol. The van der Waals surface area contributed by atoms with E-state index in [1.807, 2.05) is 53.5 Å². The fourth-order valence-electron chi connectivity index (χ4n) is 2.21. The van der Waals surface area contributed by atoms with Crippen molar-refractivity contribution in [2.45, 2.75) is 11.2 Å². The van der Waals surface area contributed by atoms with Gasteiger partial charge >= 0.3 is 0 Å². The monoisotopic (exact) mass is 344 g/mol. The molecule has 0 spiro atoms. The normalized spacial score (nSPS) is 12.3. The number of hydrogen-bond donors (Lipinski definition) is 0. The molecule has 2 nitrogen and oxygen atoms in total. The molecule has 4 heteroatoms. The second kappa shape index (κ2) is 6.22. The number of para-hydroxylation sites is 1. The maximum absolute atomic E-state index is 13.2. The first-order valence-corrected chi connectivity index (χ1v) is 7.62. The Morgan fingerprint density at radius 2 is 1.90 bits per heavy atom. The predicted octanol–water partition coefficient (Wildman–Crippen LogP) is 4.69. The van der Waals surface area contributed by atoms with E-state index in [0.29, 0.717) is 0 Å². The molecule has 1 aromatic heterocycles. The van der Waals surface area contributed by atoms with Crippen molar-refractivity contribution in [1.82, 2.24) is 9.78 Å². The van der Waals surface area contributed by atoms with Gasteiger partial charge in [0.05, 0.1) is 11.9 Å². The Labute approximate surface area is 131 Å². The minimum absolute atomic E-state index is 0.108. The minimum atomic E-state index is -0.202. The van der Waals surface area contributed by atoms with E-state index in [-0.39, 0.29) is 10.6 Å². The molecule has 21 heavy (non-hydrogen) atoms. The molecule has 0 fully saturated rings. The Hall–Kier alpha value is -1.94. The van der Waals surface area contributed by atoms with Gasteiger partial charge in [0, 0.05) is 16.6 Å². The molecule has 0 aliphatic heterocycles. The molecule has 0 saturated heterocycles. The summed E-state index contributed by atoms with van der Waals surface area (Å²) in [5.41, 5.74) is 3.06. The zero-order valence-electron chi connectivity index (χ0n) is 11.3. The van der Waals surface area contributed by atoms with Gasteiger partial charge in [-0.05, 0) is 36.2 Å². The van der Waals surface area contributed by atoms with E-state index in [4.69, 9.17) is 0 Å². The molecule has 0 amide bonds. The molecule has 0 N–H and O–H groups in total. The molecule has 1 heterocycles. The molecule has 0 radical (unpaired) electrons. The summed E-state index contributed by atoms with van der Waals surface area (Å²) in [6, 6.07) is 16.6. The molecule has 106 valence electrons. The lowest BCUT2D eigenvalue weighted by atomic mass is 10.1. The van der Waals surface area contributed by atoms with E-state index in [1.54, 1.807) is 12.1 Å². The summed E-state index contributed by atoms with van der Waals surface area (Å²) in [4.78, 5) is 0.108. The fourth-order valence-corrected chi connectivity index (χ4v) is 2.82. The first-order chi connectivity index (χ1) is 10.2. The summed E-state index contributed by atoms with van der Waals surface area (Å²) >= 11 is 3.66. The van der Waals surface area contributed by atoms with Crippen LogP contribution in [0.2, 0.25) is 0 Å². The zero-order chi connectivity index (χ0) is 14.7. The topological polar surface area (TPSA) is 17.8 Å². The molecule has 1 unspecified atom stereocenters. The molecule has 0 aliphatic rings. The Balaban J connectivity index is 1.77. The zero-order valence-corrected chi connectivity index (χ0v) is 12.9. The first kappa shape index (κ1) is 14.0. The van der Waals surface area contributed by atoms with E-state index in [1.165, 1.54) is 6.07 Å². The van der Waals surface area contributed by atoms with E-state index in [2.05, 4.69) is 21.0 Å². The van der Waals surface area contributed by atoms with Crippen molar-refractivity contribution < 1.29 is 4.39 Å². The van der Waals surface area contributed by atoms with E-state index in [0.717, 1.165) is 23.2 Å². The van der Waals surface area contributed by atoms with Gasteiger partial charge in [0.25, 0.3) is 0 Å². The lowest BCUT2D eigenvalue weighted by Gasteiger charge is -2.07. The van der Waals surface area contributed by atoms with Crippen LogP contribution in [0, 0.1) is 5.82 Å². The van der Waals surface area contributed by atoms with Crippen LogP contribution >= 0.6 is 15.9 Å². The lowest BCUT2D eigenvalue weighted by Crippen LogP contribution is -1.95. The van der Waals surface area contributed by atoms with Gasteiger partial charge in [-0.3, -0.25) is 0 Å². The average molecular weight is 345 g/mol. The van der Waals surface area contributed by atoms with E-state index < -0.39 is 0 Å². The van der Waals surface area contributed by atoms with Crippen LogP contribution in [0.4, 0.5) is 4.39 Å².